The Morgan fingerprint density at radius 2 is 1.50 bits per heavy atom. The third-order valence-electron chi connectivity index (χ3n) is 7.84. The zero-order chi connectivity index (χ0) is 32.1. The number of carbonyl (C=O) groups excluding carboxylic acids is 2. The highest BCUT2D eigenvalue weighted by atomic mass is 127. The fourth-order valence-electron chi connectivity index (χ4n) is 5.99. The minimum Gasteiger partial charge on any atom is -0.465 e. The van der Waals surface area contributed by atoms with Gasteiger partial charge in [-0.3, -0.25) is 23.9 Å². The number of esters is 2. The monoisotopic (exact) mass is 734 g/mol. The number of H-pyrrole nitrogens is 1. The highest BCUT2D eigenvalue weighted by Gasteiger charge is 2.53. The first-order chi connectivity index (χ1) is 20.9. The second kappa shape index (κ2) is 14.4. The van der Waals surface area contributed by atoms with Gasteiger partial charge in [0.15, 0.2) is 5.92 Å². The maximum Gasteiger partial charge on any atom is 0.330 e. The second-order valence-electron chi connectivity index (χ2n) is 11.6. The molecule has 0 amide bonds. The molecule has 1 saturated heterocycles. The predicted octanol–water partition coefficient (Wildman–Crippen LogP) is 3.36. The third kappa shape index (κ3) is 6.92. The van der Waals surface area contributed by atoms with E-state index in [1.807, 2.05) is 59.0 Å². The van der Waals surface area contributed by atoms with E-state index in [4.69, 9.17) is 18.6 Å². The standard InChI is InChI=1S/C32H39IN2O8Si/c1-6-40-29(37)26(30(38)41-7-2)24-18-21(43-28(24)35-19-25(33)27(36)34-31(35)39)20-42-44(32(3,4)5,22-14-10-8-11-15-22)23-16-12-9-13-17-23/h8-17,19,21,24,26,28H,6-7,18,20H2,1-5H3,(H,34,36,39)/t21-,24-,28+/m0/s1. The van der Waals surface area contributed by atoms with Crippen LogP contribution in [-0.4, -0.2) is 55.7 Å². The fourth-order valence-corrected chi connectivity index (χ4v) is 11.0. The summed E-state index contributed by atoms with van der Waals surface area (Å²) in [7, 11) is -2.94. The Balaban J connectivity index is 1.78. The van der Waals surface area contributed by atoms with Crippen molar-refractivity contribution >= 4 is 53.2 Å². The molecule has 2 heterocycles. The van der Waals surface area contributed by atoms with Crippen molar-refractivity contribution in [2.75, 3.05) is 19.8 Å². The van der Waals surface area contributed by atoms with Gasteiger partial charge in [-0.1, -0.05) is 81.4 Å². The van der Waals surface area contributed by atoms with E-state index in [0.29, 0.717) is 0 Å². The van der Waals surface area contributed by atoms with Gasteiger partial charge in [-0.15, -0.1) is 0 Å². The van der Waals surface area contributed by atoms with Gasteiger partial charge in [0.2, 0.25) is 0 Å². The van der Waals surface area contributed by atoms with Crippen molar-refractivity contribution in [3.05, 3.63) is 91.3 Å². The van der Waals surface area contributed by atoms with E-state index < -0.39 is 55.7 Å². The molecule has 3 atom stereocenters. The van der Waals surface area contributed by atoms with Gasteiger partial charge in [0.1, 0.15) is 6.23 Å². The largest absolute Gasteiger partial charge is 0.465 e. The smallest absolute Gasteiger partial charge is 0.330 e. The number of carbonyl (C=O) groups is 2. The number of nitrogens with one attached hydrogen (secondary N) is 1. The molecule has 0 aliphatic carbocycles. The molecule has 0 saturated carbocycles. The first-order valence-electron chi connectivity index (χ1n) is 14.7. The van der Waals surface area contributed by atoms with Crippen LogP contribution < -0.4 is 21.6 Å². The molecule has 10 nitrogen and oxygen atoms in total. The molecule has 236 valence electrons. The van der Waals surface area contributed by atoms with Crippen molar-refractivity contribution in [1.29, 1.82) is 0 Å². The zero-order valence-corrected chi connectivity index (χ0v) is 28.7. The minimum atomic E-state index is -2.94. The molecule has 2 aromatic carbocycles. The summed E-state index contributed by atoms with van der Waals surface area (Å²) in [5, 5.41) is 1.89. The molecule has 12 heteroatoms. The molecule has 44 heavy (non-hydrogen) atoms. The molecule has 0 spiro atoms. The van der Waals surface area contributed by atoms with Crippen LogP contribution in [0.25, 0.3) is 0 Å². The fraction of sp³-hybridized carbons (Fsp3) is 0.438. The van der Waals surface area contributed by atoms with Crippen LogP contribution in [0, 0.1) is 15.4 Å². The highest BCUT2D eigenvalue weighted by molar-refractivity contribution is 14.1. The van der Waals surface area contributed by atoms with Gasteiger partial charge >= 0.3 is 17.6 Å². The quantitative estimate of drug-likeness (QED) is 0.138. The summed E-state index contributed by atoms with van der Waals surface area (Å²) < 4.78 is 25.6. The number of hydrogen-bond acceptors (Lipinski definition) is 8. The molecule has 3 aromatic rings. The topological polar surface area (TPSA) is 126 Å². The zero-order valence-electron chi connectivity index (χ0n) is 25.6. The minimum absolute atomic E-state index is 0.0594. The molecule has 1 N–H and O–H groups in total. The van der Waals surface area contributed by atoms with Crippen molar-refractivity contribution in [1.82, 2.24) is 9.55 Å². The lowest BCUT2D eigenvalue weighted by atomic mass is 9.87. The van der Waals surface area contributed by atoms with Crippen molar-refractivity contribution in [3.63, 3.8) is 0 Å². The molecule has 1 aliphatic rings. The van der Waals surface area contributed by atoms with Gasteiger partial charge in [0, 0.05) is 12.1 Å². The van der Waals surface area contributed by atoms with E-state index in [1.54, 1.807) is 13.8 Å². The van der Waals surface area contributed by atoms with Crippen LogP contribution in [0.2, 0.25) is 5.04 Å². The molecule has 1 aromatic heterocycles. The second-order valence-corrected chi connectivity index (χ2v) is 17.1. The van der Waals surface area contributed by atoms with Crippen LogP contribution in [-0.2, 0) is 28.2 Å². The van der Waals surface area contributed by atoms with E-state index in [1.165, 1.54) is 10.8 Å². The summed E-state index contributed by atoms with van der Waals surface area (Å²) in [6, 6.07) is 20.3. The Morgan fingerprint density at radius 1 is 0.977 bits per heavy atom. The Kier molecular flexibility index (Phi) is 11.0. The van der Waals surface area contributed by atoms with Crippen molar-refractivity contribution < 1.29 is 28.2 Å². The average Bonchev–Trinajstić information content (AvgIpc) is 3.39. The number of rotatable bonds is 11. The number of aromatic nitrogens is 2. The number of nitrogens with zero attached hydrogens (tertiary/aromatic N) is 1. The first kappa shape index (κ1) is 33.8. The Bertz CT molecular complexity index is 1500. The lowest BCUT2D eigenvalue weighted by molar-refractivity contribution is -0.167. The van der Waals surface area contributed by atoms with Crippen molar-refractivity contribution in [2.45, 2.75) is 58.4 Å². The van der Waals surface area contributed by atoms with Gasteiger partial charge in [0.05, 0.1) is 29.5 Å². The molecule has 1 aliphatic heterocycles. The summed E-state index contributed by atoms with van der Waals surface area (Å²) in [4.78, 5) is 53.9. The van der Waals surface area contributed by atoms with Crippen LogP contribution >= 0.6 is 22.6 Å². The van der Waals surface area contributed by atoms with Crippen LogP contribution in [0.15, 0.2) is 76.4 Å². The number of benzene rings is 2. The maximum atomic E-state index is 13.2. The molecular weight excluding hydrogens is 695 g/mol. The van der Waals surface area contributed by atoms with Gasteiger partial charge in [-0.05, 0) is 58.3 Å². The molecule has 0 bridgehead atoms. The lowest BCUT2D eigenvalue weighted by Gasteiger charge is -2.43. The Morgan fingerprint density at radius 3 is 1.98 bits per heavy atom. The van der Waals surface area contributed by atoms with Crippen LogP contribution in [0.1, 0.15) is 47.3 Å². The Hall–Kier alpha value is -3.07. The molecule has 0 unspecified atom stereocenters. The summed E-state index contributed by atoms with van der Waals surface area (Å²) in [6.07, 6.45) is -0.0974. The number of aromatic amines is 1. The molecule has 0 radical (unpaired) electrons. The SMILES string of the molecule is CCOC(=O)C(C(=O)OCC)[C@@H]1C[C@@H](CO[Si](c2ccccc2)(c2ccccc2)C(C)(C)C)O[C@H]1n1cc(I)c(=O)[nH]c1=O. The normalized spacial score (nSPS) is 18.8. The molecular formula is C32H39IN2O8Si. The van der Waals surface area contributed by atoms with Crippen molar-refractivity contribution in [3.8, 4) is 0 Å². The highest BCUT2D eigenvalue weighted by Crippen LogP contribution is 2.42. The summed E-state index contributed by atoms with van der Waals surface area (Å²) in [5.41, 5.74) is -1.26. The third-order valence-corrected chi connectivity index (χ3v) is 13.6. The number of halogens is 1. The van der Waals surface area contributed by atoms with Crippen LogP contribution in [0.5, 0.6) is 0 Å². The van der Waals surface area contributed by atoms with Gasteiger partial charge in [-0.25, -0.2) is 4.79 Å². The maximum absolute atomic E-state index is 13.2. The van der Waals surface area contributed by atoms with Crippen LogP contribution in [0.3, 0.4) is 0 Å². The van der Waals surface area contributed by atoms with E-state index in [9.17, 15) is 19.2 Å². The first-order valence-corrected chi connectivity index (χ1v) is 17.7. The summed E-state index contributed by atoms with van der Waals surface area (Å²) in [6.45, 7) is 10.1. The van der Waals surface area contributed by atoms with Crippen molar-refractivity contribution in [2.24, 2.45) is 11.8 Å². The Labute approximate surface area is 271 Å². The van der Waals surface area contributed by atoms with Crippen LogP contribution in [0.4, 0.5) is 0 Å². The molecule has 4 rings (SSSR count). The summed E-state index contributed by atoms with van der Waals surface area (Å²) >= 11 is 1.82. The van der Waals surface area contributed by atoms with E-state index in [0.717, 1.165) is 10.4 Å². The average molecular weight is 735 g/mol. The van der Waals surface area contributed by atoms with E-state index in [2.05, 4.69) is 50.0 Å². The lowest BCUT2D eigenvalue weighted by Crippen LogP contribution is -2.67. The van der Waals surface area contributed by atoms with E-state index in [-0.39, 0.29) is 34.8 Å². The van der Waals surface area contributed by atoms with Gasteiger partial charge in [-0.2, -0.15) is 0 Å². The molecule has 1 fully saturated rings. The predicted molar refractivity (Wildman–Crippen MR) is 176 cm³/mol. The van der Waals surface area contributed by atoms with E-state index >= 15 is 0 Å². The number of hydrogen-bond donors (Lipinski definition) is 1. The van der Waals surface area contributed by atoms with Gasteiger partial charge < -0.3 is 18.6 Å². The number of ether oxygens (including phenoxy) is 3. The summed E-state index contributed by atoms with van der Waals surface area (Å²) in [5.74, 6) is -3.70. The van der Waals surface area contributed by atoms with Gasteiger partial charge in [0.25, 0.3) is 13.9 Å².